The van der Waals surface area contributed by atoms with Crippen LogP contribution < -0.4 is 26.3 Å². The molecule has 2 aromatic rings. The lowest BCUT2D eigenvalue weighted by atomic mass is 10.0. The van der Waals surface area contributed by atoms with Crippen LogP contribution in [-0.2, 0) is 20.9 Å². The van der Waals surface area contributed by atoms with Crippen LogP contribution in [0.3, 0.4) is 0 Å². The fourth-order valence-electron chi connectivity index (χ4n) is 3.51. The van der Waals surface area contributed by atoms with E-state index in [1.165, 1.54) is 7.11 Å². The van der Waals surface area contributed by atoms with E-state index in [2.05, 4.69) is 5.32 Å². The highest BCUT2D eigenvalue weighted by Gasteiger charge is 2.34. The maximum atomic E-state index is 13.0. The van der Waals surface area contributed by atoms with E-state index < -0.39 is 18.2 Å². The standard InChI is InChI=1S/C21H22N4O5/c1-28-21(27)15-10-25(9-12-3-2-4-14(7-12)19(22)23)18(20(26)24-15)13-5-6-16-17(8-13)30-11-29-16/h2-8,10,18-19H,9,11,22-23H2,1H3,(H,24,26). The summed E-state index contributed by atoms with van der Waals surface area (Å²) in [4.78, 5) is 26.8. The second-order valence-corrected chi connectivity index (χ2v) is 6.98. The number of amides is 1. The Bertz CT molecular complexity index is 1020. The number of nitrogens with zero attached hydrogens (tertiary/aromatic N) is 1. The molecule has 30 heavy (non-hydrogen) atoms. The molecule has 9 nitrogen and oxygen atoms in total. The van der Waals surface area contributed by atoms with Crippen molar-refractivity contribution in [3.05, 3.63) is 71.1 Å². The van der Waals surface area contributed by atoms with Crippen molar-refractivity contribution in [2.45, 2.75) is 18.8 Å². The number of esters is 1. The van der Waals surface area contributed by atoms with Gasteiger partial charge in [0.25, 0.3) is 5.91 Å². The highest BCUT2D eigenvalue weighted by molar-refractivity contribution is 5.97. The third-order valence-electron chi connectivity index (χ3n) is 4.95. The molecule has 0 aromatic heterocycles. The molecule has 2 aromatic carbocycles. The Balaban J connectivity index is 1.71. The van der Waals surface area contributed by atoms with Crippen molar-refractivity contribution in [3.8, 4) is 11.5 Å². The maximum Gasteiger partial charge on any atom is 0.356 e. The van der Waals surface area contributed by atoms with Crippen LogP contribution in [0.1, 0.15) is 28.9 Å². The van der Waals surface area contributed by atoms with Crippen molar-refractivity contribution in [3.63, 3.8) is 0 Å². The second kappa shape index (κ2) is 8.05. The second-order valence-electron chi connectivity index (χ2n) is 6.98. The van der Waals surface area contributed by atoms with E-state index >= 15 is 0 Å². The van der Waals surface area contributed by atoms with Crippen molar-refractivity contribution in [2.24, 2.45) is 11.5 Å². The topological polar surface area (TPSA) is 129 Å². The molecule has 4 rings (SSSR count). The quantitative estimate of drug-likeness (QED) is 0.492. The molecule has 2 aliphatic rings. The van der Waals surface area contributed by atoms with Crippen molar-refractivity contribution in [2.75, 3.05) is 13.9 Å². The van der Waals surface area contributed by atoms with Gasteiger partial charge in [-0.1, -0.05) is 30.3 Å². The van der Waals surface area contributed by atoms with E-state index in [1.54, 1.807) is 29.3 Å². The Morgan fingerprint density at radius 2 is 2.03 bits per heavy atom. The summed E-state index contributed by atoms with van der Waals surface area (Å²) in [5.74, 6) is 0.203. The van der Waals surface area contributed by atoms with Crippen LogP contribution in [0.5, 0.6) is 11.5 Å². The first kappa shape index (κ1) is 19.7. The number of carbonyl (C=O) groups excluding carboxylic acids is 2. The molecule has 156 valence electrons. The van der Waals surface area contributed by atoms with Crippen LogP contribution in [0.15, 0.2) is 54.4 Å². The zero-order valence-electron chi connectivity index (χ0n) is 16.3. The summed E-state index contributed by atoms with van der Waals surface area (Å²) in [6, 6.07) is 12.1. The number of ether oxygens (including phenoxy) is 3. The van der Waals surface area contributed by atoms with Gasteiger partial charge in [0, 0.05) is 12.7 Å². The van der Waals surface area contributed by atoms with Gasteiger partial charge in [0.05, 0.1) is 13.3 Å². The third-order valence-corrected chi connectivity index (χ3v) is 4.95. The van der Waals surface area contributed by atoms with E-state index in [4.69, 9.17) is 25.7 Å². The first-order valence-corrected chi connectivity index (χ1v) is 9.32. The number of fused-ring (bicyclic) bond motifs is 1. The van der Waals surface area contributed by atoms with Gasteiger partial charge >= 0.3 is 5.97 Å². The molecule has 2 heterocycles. The largest absolute Gasteiger partial charge is 0.464 e. The summed E-state index contributed by atoms with van der Waals surface area (Å²) in [7, 11) is 1.26. The number of hydrogen-bond acceptors (Lipinski definition) is 8. The van der Waals surface area contributed by atoms with E-state index in [0.717, 1.165) is 11.1 Å². The monoisotopic (exact) mass is 410 g/mol. The van der Waals surface area contributed by atoms with E-state index in [-0.39, 0.29) is 18.4 Å². The molecule has 0 saturated carbocycles. The molecule has 0 fully saturated rings. The van der Waals surface area contributed by atoms with Gasteiger partial charge in [-0.25, -0.2) is 4.79 Å². The first-order chi connectivity index (χ1) is 14.5. The maximum absolute atomic E-state index is 13.0. The first-order valence-electron chi connectivity index (χ1n) is 9.32. The number of methoxy groups -OCH3 is 1. The Morgan fingerprint density at radius 3 is 2.80 bits per heavy atom. The minimum absolute atomic E-state index is 0.0613. The number of hydrogen-bond donors (Lipinski definition) is 3. The smallest absolute Gasteiger partial charge is 0.356 e. The molecule has 1 amide bonds. The van der Waals surface area contributed by atoms with Crippen molar-refractivity contribution >= 4 is 11.9 Å². The number of benzene rings is 2. The van der Waals surface area contributed by atoms with Gasteiger partial charge in [-0.3, -0.25) is 4.79 Å². The molecule has 0 aliphatic carbocycles. The van der Waals surface area contributed by atoms with Gasteiger partial charge in [0.1, 0.15) is 11.7 Å². The molecular formula is C21H22N4O5. The number of nitrogens with one attached hydrogen (secondary N) is 1. The Labute approximate surface area is 173 Å². The van der Waals surface area contributed by atoms with Crippen LogP contribution in [0.4, 0.5) is 0 Å². The molecule has 0 spiro atoms. The van der Waals surface area contributed by atoms with Crippen LogP contribution in [0.2, 0.25) is 0 Å². The molecule has 0 saturated heterocycles. The molecule has 1 unspecified atom stereocenters. The van der Waals surface area contributed by atoms with Crippen molar-refractivity contribution in [1.82, 2.24) is 10.2 Å². The molecule has 5 N–H and O–H groups in total. The van der Waals surface area contributed by atoms with E-state index in [1.807, 2.05) is 24.3 Å². The average Bonchev–Trinajstić information content (AvgIpc) is 3.21. The van der Waals surface area contributed by atoms with E-state index in [0.29, 0.717) is 23.6 Å². The Kier molecular flexibility index (Phi) is 5.30. The molecule has 2 aliphatic heterocycles. The average molecular weight is 410 g/mol. The minimum Gasteiger partial charge on any atom is -0.464 e. The van der Waals surface area contributed by atoms with Crippen LogP contribution in [0, 0.1) is 0 Å². The zero-order valence-corrected chi connectivity index (χ0v) is 16.3. The van der Waals surface area contributed by atoms with Gasteiger partial charge in [0.15, 0.2) is 11.5 Å². The summed E-state index contributed by atoms with van der Waals surface area (Å²) in [6.45, 7) is 0.478. The summed E-state index contributed by atoms with van der Waals surface area (Å²) in [5, 5.41) is 2.62. The van der Waals surface area contributed by atoms with Gasteiger partial charge < -0.3 is 35.9 Å². The highest BCUT2D eigenvalue weighted by Crippen LogP contribution is 2.37. The molecule has 0 bridgehead atoms. The minimum atomic E-state index is -0.692. The van der Waals surface area contributed by atoms with Crippen LogP contribution >= 0.6 is 0 Å². The lowest BCUT2D eigenvalue weighted by molar-refractivity contribution is -0.139. The molecule has 9 heteroatoms. The van der Waals surface area contributed by atoms with Crippen molar-refractivity contribution in [1.29, 1.82) is 0 Å². The summed E-state index contributed by atoms with van der Waals surface area (Å²) >= 11 is 0. The summed E-state index contributed by atoms with van der Waals surface area (Å²) in [5.41, 5.74) is 14.0. The predicted molar refractivity (Wildman–Crippen MR) is 107 cm³/mol. The Hall–Kier alpha value is -3.56. The molecule has 0 radical (unpaired) electrons. The summed E-state index contributed by atoms with van der Waals surface area (Å²) < 4.78 is 15.6. The SMILES string of the molecule is COC(=O)C1=CN(Cc2cccc(C(N)N)c2)C(c2ccc3c(c2)OCO3)C(=O)N1. The van der Waals surface area contributed by atoms with Gasteiger partial charge in [-0.05, 0) is 28.8 Å². The van der Waals surface area contributed by atoms with Crippen LogP contribution in [-0.4, -0.2) is 30.7 Å². The van der Waals surface area contributed by atoms with Gasteiger partial charge in [-0.15, -0.1) is 0 Å². The zero-order chi connectivity index (χ0) is 21.3. The van der Waals surface area contributed by atoms with Crippen molar-refractivity contribution < 1.29 is 23.8 Å². The molecule has 1 atom stereocenters. The van der Waals surface area contributed by atoms with Gasteiger partial charge in [-0.2, -0.15) is 0 Å². The fraction of sp³-hybridized carbons (Fsp3) is 0.238. The normalized spacial score (nSPS) is 17.6. The lowest BCUT2D eigenvalue weighted by Gasteiger charge is -2.34. The Morgan fingerprint density at radius 1 is 1.23 bits per heavy atom. The number of rotatable bonds is 5. The predicted octanol–water partition coefficient (Wildman–Crippen LogP) is 1.02. The fourth-order valence-corrected chi connectivity index (χ4v) is 3.51. The number of nitrogens with two attached hydrogens (primary N) is 2. The summed E-state index contributed by atoms with van der Waals surface area (Å²) in [6.07, 6.45) is 0.970. The molecular weight excluding hydrogens is 388 g/mol. The highest BCUT2D eigenvalue weighted by atomic mass is 16.7. The lowest BCUT2D eigenvalue weighted by Crippen LogP contribution is -2.44. The third kappa shape index (κ3) is 3.80. The van der Waals surface area contributed by atoms with Crippen LogP contribution in [0.25, 0.3) is 0 Å². The number of carbonyl (C=O) groups is 2. The van der Waals surface area contributed by atoms with Gasteiger partial charge in [0.2, 0.25) is 6.79 Å². The van der Waals surface area contributed by atoms with E-state index in [9.17, 15) is 9.59 Å².